The molecule has 3 rings (SSSR count). The van der Waals surface area contributed by atoms with E-state index < -0.39 is 0 Å². The van der Waals surface area contributed by atoms with Crippen molar-refractivity contribution >= 4 is 21.8 Å². The van der Waals surface area contributed by atoms with Crippen molar-refractivity contribution in [1.29, 1.82) is 0 Å². The number of ether oxygens (including phenoxy) is 1. The second kappa shape index (κ2) is 6.31. The summed E-state index contributed by atoms with van der Waals surface area (Å²) in [5.41, 5.74) is 1.87. The summed E-state index contributed by atoms with van der Waals surface area (Å²) in [5, 5.41) is 2.99. The van der Waals surface area contributed by atoms with Gasteiger partial charge in [-0.15, -0.1) is 0 Å². The standard InChI is InChI=1S/C17H16BrNO2/c18-15-7-3-2-6-14(15)17(20)19-10-12-9-13-5-1-4-8-16(13)21-11-12/h1-8,12H,9-11H2,(H,19,20). The number of carbonyl (C=O) groups excluding carboxylic acids is 1. The molecule has 0 saturated heterocycles. The average molecular weight is 346 g/mol. The largest absolute Gasteiger partial charge is 0.493 e. The van der Waals surface area contributed by atoms with Gasteiger partial charge in [0.25, 0.3) is 5.91 Å². The van der Waals surface area contributed by atoms with Crippen LogP contribution < -0.4 is 10.1 Å². The van der Waals surface area contributed by atoms with E-state index >= 15 is 0 Å². The molecule has 1 unspecified atom stereocenters. The molecule has 1 aliphatic heterocycles. The molecule has 0 saturated carbocycles. The predicted octanol–water partition coefficient (Wildman–Crippen LogP) is 3.43. The third-order valence-corrected chi connectivity index (χ3v) is 4.32. The Kier molecular flexibility index (Phi) is 4.25. The second-order valence-corrected chi connectivity index (χ2v) is 6.03. The van der Waals surface area contributed by atoms with Crippen LogP contribution in [0.1, 0.15) is 15.9 Å². The molecule has 2 aromatic carbocycles. The Labute approximate surface area is 132 Å². The molecule has 0 spiro atoms. The molecule has 3 nitrogen and oxygen atoms in total. The van der Waals surface area contributed by atoms with E-state index in [9.17, 15) is 4.79 Å². The Morgan fingerprint density at radius 1 is 1.19 bits per heavy atom. The van der Waals surface area contributed by atoms with Gasteiger partial charge in [0, 0.05) is 16.9 Å². The quantitative estimate of drug-likeness (QED) is 0.925. The molecule has 4 heteroatoms. The van der Waals surface area contributed by atoms with Gasteiger partial charge in [0.1, 0.15) is 5.75 Å². The Balaban J connectivity index is 1.59. The van der Waals surface area contributed by atoms with Gasteiger partial charge in [0.2, 0.25) is 0 Å². The molecule has 1 heterocycles. The fourth-order valence-electron chi connectivity index (χ4n) is 2.50. The number of hydrogen-bond acceptors (Lipinski definition) is 2. The first-order valence-corrected chi connectivity index (χ1v) is 7.77. The smallest absolute Gasteiger partial charge is 0.252 e. The number of amides is 1. The van der Waals surface area contributed by atoms with E-state index in [0.717, 1.165) is 16.6 Å². The van der Waals surface area contributed by atoms with Crippen LogP contribution >= 0.6 is 15.9 Å². The van der Waals surface area contributed by atoms with Crippen LogP contribution in [0.3, 0.4) is 0 Å². The lowest BCUT2D eigenvalue weighted by molar-refractivity contribution is 0.0938. The molecule has 1 aliphatic rings. The lowest BCUT2D eigenvalue weighted by Gasteiger charge is -2.25. The number of para-hydroxylation sites is 1. The van der Waals surface area contributed by atoms with Crippen LogP contribution in [0.15, 0.2) is 53.0 Å². The normalized spacial score (nSPS) is 16.7. The fourth-order valence-corrected chi connectivity index (χ4v) is 2.96. The number of rotatable bonds is 3. The summed E-state index contributed by atoms with van der Waals surface area (Å²) in [4.78, 5) is 12.2. The third-order valence-electron chi connectivity index (χ3n) is 3.63. The number of carbonyl (C=O) groups is 1. The minimum Gasteiger partial charge on any atom is -0.493 e. The SMILES string of the molecule is O=C(NCC1COc2ccccc2C1)c1ccccc1Br. The molecule has 1 amide bonds. The van der Waals surface area contributed by atoms with Crippen LogP contribution in [0, 0.1) is 5.92 Å². The molecule has 108 valence electrons. The molecular weight excluding hydrogens is 330 g/mol. The minimum absolute atomic E-state index is 0.0543. The number of hydrogen-bond donors (Lipinski definition) is 1. The molecule has 0 aliphatic carbocycles. The summed E-state index contributed by atoms with van der Waals surface area (Å²) < 4.78 is 6.55. The lowest BCUT2D eigenvalue weighted by atomic mass is 9.96. The van der Waals surface area contributed by atoms with Gasteiger partial charge in [-0.25, -0.2) is 0 Å². The maximum atomic E-state index is 12.2. The molecule has 0 aromatic heterocycles. The van der Waals surface area contributed by atoms with Gasteiger partial charge in [0.15, 0.2) is 0 Å². The van der Waals surface area contributed by atoms with Crippen molar-refractivity contribution in [3.8, 4) is 5.75 Å². The third kappa shape index (κ3) is 3.27. The topological polar surface area (TPSA) is 38.3 Å². The molecule has 1 N–H and O–H groups in total. The van der Waals surface area contributed by atoms with Crippen LogP contribution in [0.2, 0.25) is 0 Å². The fraction of sp³-hybridized carbons (Fsp3) is 0.235. The van der Waals surface area contributed by atoms with Crippen molar-refractivity contribution < 1.29 is 9.53 Å². The maximum Gasteiger partial charge on any atom is 0.252 e. The van der Waals surface area contributed by atoms with Gasteiger partial charge < -0.3 is 10.1 Å². The molecule has 0 bridgehead atoms. The summed E-state index contributed by atoms with van der Waals surface area (Å²) in [6.45, 7) is 1.27. The van der Waals surface area contributed by atoms with E-state index in [0.29, 0.717) is 24.6 Å². The van der Waals surface area contributed by atoms with Crippen LogP contribution in [0.4, 0.5) is 0 Å². The predicted molar refractivity (Wildman–Crippen MR) is 85.6 cm³/mol. The Hall–Kier alpha value is -1.81. The van der Waals surface area contributed by atoms with E-state index in [-0.39, 0.29) is 5.91 Å². The van der Waals surface area contributed by atoms with Gasteiger partial charge in [-0.3, -0.25) is 4.79 Å². The first-order chi connectivity index (χ1) is 10.2. The monoisotopic (exact) mass is 345 g/mol. The number of benzene rings is 2. The zero-order valence-corrected chi connectivity index (χ0v) is 13.1. The van der Waals surface area contributed by atoms with E-state index in [4.69, 9.17) is 4.74 Å². The number of halogens is 1. The summed E-state index contributed by atoms with van der Waals surface area (Å²) in [7, 11) is 0. The van der Waals surface area contributed by atoms with Crippen molar-refractivity contribution in [2.45, 2.75) is 6.42 Å². The lowest BCUT2D eigenvalue weighted by Crippen LogP contribution is -2.34. The first kappa shape index (κ1) is 14.1. The van der Waals surface area contributed by atoms with Crippen molar-refractivity contribution in [2.24, 2.45) is 5.92 Å². The molecule has 1 atom stereocenters. The Morgan fingerprint density at radius 3 is 2.81 bits per heavy atom. The van der Waals surface area contributed by atoms with Crippen LogP contribution in [0.25, 0.3) is 0 Å². The maximum absolute atomic E-state index is 12.2. The summed E-state index contributed by atoms with van der Waals surface area (Å²) in [6, 6.07) is 15.5. The highest BCUT2D eigenvalue weighted by molar-refractivity contribution is 9.10. The highest BCUT2D eigenvalue weighted by Gasteiger charge is 2.20. The zero-order valence-electron chi connectivity index (χ0n) is 11.5. The highest BCUT2D eigenvalue weighted by Crippen LogP contribution is 2.26. The van der Waals surface area contributed by atoms with E-state index in [1.165, 1.54) is 5.56 Å². The van der Waals surface area contributed by atoms with Crippen molar-refractivity contribution in [3.63, 3.8) is 0 Å². The second-order valence-electron chi connectivity index (χ2n) is 5.18. The molecule has 0 radical (unpaired) electrons. The summed E-state index contributed by atoms with van der Waals surface area (Å²) in [5.74, 6) is 1.22. The van der Waals surface area contributed by atoms with Crippen molar-refractivity contribution in [2.75, 3.05) is 13.2 Å². The van der Waals surface area contributed by atoms with Crippen LogP contribution in [-0.4, -0.2) is 19.1 Å². The van der Waals surface area contributed by atoms with Gasteiger partial charge in [-0.05, 0) is 46.1 Å². The van der Waals surface area contributed by atoms with Crippen molar-refractivity contribution in [1.82, 2.24) is 5.32 Å². The summed E-state index contributed by atoms with van der Waals surface area (Å²) in [6.07, 6.45) is 0.937. The zero-order chi connectivity index (χ0) is 14.7. The van der Waals surface area contributed by atoms with E-state index in [1.807, 2.05) is 42.5 Å². The van der Waals surface area contributed by atoms with Crippen LogP contribution in [0.5, 0.6) is 5.75 Å². The average Bonchev–Trinajstić information content (AvgIpc) is 2.53. The summed E-state index contributed by atoms with van der Waals surface area (Å²) >= 11 is 3.40. The van der Waals surface area contributed by atoms with Gasteiger partial charge in [-0.1, -0.05) is 30.3 Å². The molecule has 2 aromatic rings. The van der Waals surface area contributed by atoms with Crippen LogP contribution in [-0.2, 0) is 6.42 Å². The van der Waals surface area contributed by atoms with Gasteiger partial charge in [-0.2, -0.15) is 0 Å². The number of fused-ring (bicyclic) bond motifs is 1. The van der Waals surface area contributed by atoms with E-state index in [1.54, 1.807) is 0 Å². The molecule has 0 fully saturated rings. The minimum atomic E-state index is -0.0543. The van der Waals surface area contributed by atoms with Crippen molar-refractivity contribution in [3.05, 3.63) is 64.1 Å². The Bertz CT molecular complexity index is 657. The van der Waals surface area contributed by atoms with Gasteiger partial charge in [0.05, 0.1) is 12.2 Å². The van der Waals surface area contributed by atoms with Gasteiger partial charge >= 0.3 is 0 Å². The number of nitrogens with one attached hydrogen (secondary N) is 1. The Morgan fingerprint density at radius 2 is 1.95 bits per heavy atom. The molecular formula is C17H16BrNO2. The first-order valence-electron chi connectivity index (χ1n) is 6.97. The van der Waals surface area contributed by atoms with E-state index in [2.05, 4.69) is 27.3 Å². The highest BCUT2D eigenvalue weighted by atomic mass is 79.9. The molecule has 21 heavy (non-hydrogen) atoms.